The fourth-order valence-corrected chi connectivity index (χ4v) is 5.25. The van der Waals surface area contributed by atoms with E-state index < -0.39 is 13.4 Å². The van der Waals surface area contributed by atoms with Gasteiger partial charge in [0.25, 0.3) is 0 Å². The molecule has 0 saturated carbocycles. The Morgan fingerprint density at radius 1 is 1.04 bits per heavy atom. The monoisotopic (exact) mass is 375 g/mol. The van der Waals surface area contributed by atoms with E-state index in [-0.39, 0.29) is 12.2 Å². The molecule has 1 heterocycles. The van der Waals surface area contributed by atoms with Crippen LogP contribution < -0.4 is 10.1 Å². The van der Waals surface area contributed by atoms with Crippen molar-refractivity contribution in [2.45, 2.75) is 45.7 Å². The minimum Gasteiger partial charge on any atom is -0.494 e. The third kappa shape index (κ3) is 4.12. The van der Waals surface area contributed by atoms with Crippen LogP contribution in [0.3, 0.4) is 0 Å². The smallest absolute Gasteiger partial charge is 0.357 e. The molecule has 1 aliphatic rings. The summed E-state index contributed by atoms with van der Waals surface area (Å²) in [5.74, 6) is 0.187. The third-order valence-corrected chi connectivity index (χ3v) is 6.78. The van der Waals surface area contributed by atoms with Gasteiger partial charge in [-0.1, -0.05) is 29.8 Å². The van der Waals surface area contributed by atoms with Crippen molar-refractivity contribution in [1.82, 2.24) is 0 Å². The molecule has 1 aliphatic heterocycles. The molecule has 1 N–H and O–H groups in total. The van der Waals surface area contributed by atoms with Crippen molar-refractivity contribution >= 4 is 13.3 Å². The summed E-state index contributed by atoms with van der Waals surface area (Å²) < 4.78 is 30.6. The molecule has 6 heteroatoms. The minimum atomic E-state index is -3.37. The van der Waals surface area contributed by atoms with Gasteiger partial charge in [0.05, 0.1) is 18.8 Å². The second-order valence-electron chi connectivity index (χ2n) is 6.58. The van der Waals surface area contributed by atoms with Gasteiger partial charge in [-0.05, 0) is 57.5 Å². The van der Waals surface area contributed by atoms with Gasteiger partial charge in [-0.25, -0.2) is 0 Å². The van der Waals surface area contributed by atoms with Crippen LogP contribution in [0.4, 0.5) is 5.69 Å². The number of nitrogens with one attached hydrogen (secondary N) is 1. The van der Waals surface area contributed by atoms with Crippen LogP contribution in [-0.2, 0) is 13.6 Å². The first-order valence-corrected chi connectivity index (χ1v) is 10.5. The summed E-state index contributed by atoms with van der Waals surface area (Å²) in [7, 11) is -3.37. The minimum absolute atomic E-state index is 0.217. The Kier molecular flexibility index (Phi) is 5.71. The Labute approximate surface area is 155 Å². The zero-order valence-corrected chi connectivity index (χ0v) is 16.5. The number of ether oxygens (including phenoxy) is 1. The van der Waals surface area contributed by atoms with Gasteiger partial charge in [-0.3, -0.25) is 4.57 Å². The number of aryl methyl sites for hydroxylation is 1. The van der Waals surface area contributed by atoms with Gasteiger partial charge in [0.15, 0.2) is 5.78 Å². The largest absolute Gasteiger partial charge is 0.494 e. The van der Waals surface area contributed by atoms with Crippen molar-refractivity contribution in [3.05, 3.63) is 59.7 Å². The predicted molar refractivity (Wildman–Crippen MR) is 104 cm³/mol. The van der Waals surface area contributed by atoms with E-state index in [1.807, 2.05) is 76.2 Å². The lowest BCUT2D eigenvalue weighted by atomic mass is 10.2. The van der Waals surface area contributed by atoms with Gasteiger partial charge in [0, 0.05) is 5.69 Å². The van der Waals surface area contributed by atoms with Crippen LogP contribution in [0.15, 0.2) is 48.5 Å². The first-order valence-electron chi connectivity index (χ1n) is 8.94. The van der Waals surface area contributed by atoms with Crippen LogP contribution >= 0.6 is 7.60 Å². The predicted octanol–water partition coefficient (Wildman–Crippen LogP) is 5.52. The molecule has 3 atom stereocenters. The zero-order chi connectivity index (χ0) is 18.7. The molecule has 2 aromatic carbocycles. The van der Waals surface area contributed by atoms with Crippen LogP contribution in [0.5, 0.6) is 5.75 Å². The van der Waals surface area contributed by atoms with Crippen LogP contribution in [0.2, 0.25) is 0 Å². The highest BCUT2D eigenvalue weighted by molar-refractivity contribution is 7.54. The van der Waals surface area contributed by atoms with E-state index >= 15 is 0 Å². The van der Waals surface area contributed by atoms with Gasteiger partial charge in [0.2, 0.25) is 0 Å². The number of hydrogen-bond donors (Lipinski definition) is 1. The van der Waals surface area contributed by atoms with Crippen molar-refractivity contribution in [1.29, 1.82) is 0 Å². The van der Waals surface area contributed by atoms with E-state index in [1.165, 1.54) is 0 Å². The molecular formula is C20H26NO4P. The standard InChI is InChI=1S/C20H26NO4P/c1-5-23-19-12-8-17(9-13-19)20(21-18-10-6-14(2)7-11-18)26(22)24-15(3)16(4)25-26/h6-13,15-16,20-21H,5H2,1-4H3/t15-,16-,20-/m0/s1. The van der Waals surface area contributed by atoms with Crippen LogP contribution in [-0.4, -0.2) is 18.8 Å². The number of benzene rings is 2. The van der Waals surface area contributed by atoms with E-state index in [0.717, 1.165) is 22.6 Å². The molecule has 140 valence electrons. The molecule has 2 aromatic rings. The average Bonchev–Trinajstić information content (AvgIpc) is 2.88. The van der Waals surface area contributed by atoms with Crippen LogP contribution in [0.25, 0.3) is 0 Å². The van der Waals surface area contributed by atoms with E-state index in [2.05, 4.69) is 5.32 Å². The number of rotatable bonds is 6. The lowest BCUT2D eigenvalue weighted by molar-refractivity contribution is 0.187. The molecule has 3 rings (SSSR count). The average molecular weight is 375 g/mol. The molecule has 26 heavy (non-hydrogen) atoms. The van der Waals surface area contributed by atoms with E-state index in [0.29, 0.717) is 6.61 Å². The lowest BCUT2D eigenvalue weighted by Gasteiger charge is -2.25. The van der Waals surface area contributed by atoms with Gasteiger partial charge in [-0.15, -0.1) is 0 Å². The first kappa shape index (κ1) is 19.0. The molecule has 0 aliphatic carbocycles. The highest BCUT2D eigenvalue weighted by atomic mass is 31.2. The fourth-order valence-electron chi connectivity index (χ4n) is 2.85. The first-order chi connectivity index (χ1) is 12.4. The van der Waals surface area contributed by atoms with Crippen LogP contribution in [0.1, 0.15) is 37.7 Å². The quantitative estimate of drug-likeness (QED) is 0.674. The number of hydrogen-bond acceptors (Lipinski definition) is 5. The molecular weight excluding hydrogens is 349 g/mol. The molecule has 0 bridgehead atoms. The summed E-state index contributed by atoms with van der Waals surface area (Å²) in [4.78, 5) is 0. The maximum Gasteiger partial charge on any atom is 0.357 e. The Hall–Kier alpha value is -1.81. The molecule has 0 unspecified atom stereocenters. The maximum absolute atomic E-state index is 13.5. The summed E-state index contributed by atoms with van der Waals surface area (Å²) in [5.41, 5.74) is 2.86. The fraction of sp³-hybridized carbons (Fsp3) is 0.400. The molecule has 0 spiro atoms. The van der Waals surface area contributed by atoms with Gasteiger partial charge >= 0.3 is 7.60 Å². The van der Waals surface area contributed by atoms with Gasteiger partial charge in [0.1, 0.15) is 5.75 Å². The van der Waals surface area contributed by atoms with Crippen molar-refractivity contribution in [2.24, 2.45) is 0 Å². The second kappa shape index (κ2) is 7.83. The van der Waals surface area contributed by atoms with E-state index in [9.17, 15) is 4.57 Å². The molecule has 0 aromatic heterocycles. The highest BCUT2D eigenvalue weighted by Gasteiger charge is 2.47. The lowest BCUT2D eigenvalue weighted by Crippen LogP contribution is -2.13. The Morgan fingerprint density at radius 3 is 2.15 bits per heavy atom. The van der Waals surface area contributed by atoms with Gasteiger partial charge in [-0.2, -0.15) is 0 Å². The summed E-state index contributed by atoms with van der Waals surface area (Å²) in [5, 5.41) is 3.34. The summed E-state index contributed by atoms with van der Waals surface area (Å²) >= 11 is 0. The van der Waals surface area contributed by atoms with Crippen LogP contribution in [0, 0.1) is 6.92 Å². The van der Waals surface area contributed by atoms with Crippen molar-refractivity contribution in [3.8, 4) is 5.75 Å². The zero-order valence-electron chi connectivity index (χ0n) is 15.6. The summed E-state index contributed by atoms with van der Waals surface area (Å²) in [6.45, 7) is 8.33. The normalized spacial score (nSPS) is 22.8. The van der Waals surface area contributed by atoms with E-state index in [1.54, 1.807) is 0 Å². The summed E-state index contributed by atoms with van der Waals surface area (Å²) in [6.07, 6.45) is -0.434. The molecule has 1 fully saturated rings. The Balaban J connectivity index is 1.93. The Bertz CT molecular complexity index is 761. The molecule has 5 nitrogen and oxygen atoms in total. The van der Waals surface area contributed by atoms with Crippen molar-refractivity contribution in [3.63, 3.8) is 0 Å². The Morgan fingerprint density at radius 2 is 1.62 bits per heavy atom. The molecule has 1 saturated heterocycles. The highest BCUT2D eigenvalue weighted by Crippen LogP contribution is 2.66. The van der Waals surface area contributed by atoms with Gasteiger partial charge < -0.3 is 19.1 Å². The molecule has 0 amide bonds. The van der Waals surface area contributed by atoms with E-state index in [4.69, 9.17) is 13.8 Å². The molecule has 0 radical (unpaired) electrons. The SMILES string of the molecule is CCOc1ccc([C@@H](Nc2ccc(C)cc2)P2(=O)O[C@@H](C)[C@H](C)O2)cc1. The maximum atomic E-state index is 13.5. The second-order valence-corrected chi connectivity index (χ2v) is 8.59. The third-order valence-electron chi connectivity index (χ3n) is 4.47. The summed E-state index contributed by atoms with van der Waals surface area (Å²) in [6, 6.07) is 15.5. The number of anilines is 1. The van der Waals surface area contributed by atoms with Crippen molar-refractivity contribution < 1.29 is 18.3 Å². The topological polar surface area (TPSA) is 56.8 Å². The van der Waals surface area contributed by atoms with Crippen molar-refractivity contribution in [2.75, 3.05) is 11.9 Å².